The van der Waals surface area contributed by atoms with Crippen LogP contribution in [0.1, 0.15) is 43.9 Å². The molecule has 0 saturated carbocycles. The molecule has 0 aliphatic carbocycles. The van der Waals surface area contributed by atoms with Crippen LogP contribution in [0.25, 0.3) is 0 Å². The molecule has 0 radical (unpaired) electrons. The Morgan fingerprint density at radius 3 is 2.26 bits per heavy atom. The highest BCUT2D eigenvalue weighted by atomic mass is 35.5. The minimum Gasteiger partial charge on any atom is -0.354 e. The highest BCUT2D eigenvalue weighted by Gasteiger charge is 2.32. The van der Waals surface area contributed by atoms with Crippen LogP contribution in [-0.4, -0.2) is 50.5 Å². The summed E-state index contributed by atoms with van der Waals surface area (Å²) in [4.78, 5) is 28.2. The van der Waals surface area contributed by atoms with Crippen LogP contribution in [0.15, 0.2) is 42.5 Å². The smallest absolute Gasteiger partial charge is 0.244 e. The number of nitrogens with zero attached hydrogens (tertiary/aromatic N) is 2. The molecule has 2 aromatic rings. The van der Waals surface area contributed by atoms with Gasteiger partial charge in [-0.05, 0) is 61.1 Å². The molecule has 0 bridgehead atoms. The quantitative estimate of drug-likeness (QED) is 0.477. The van der Waals surface area contributed by atoms with Gasteiger partial charge in [-0.1, -0.05) is 56.6 Å². The molecule has 1 N–H and O–H groups in total. The van der Waals surface area contributed by atoms with Gasteiger partial charge in [0.25, 0.3) is 0 Å². The Hall–Kier alpha value is -2.58. The van der Waals surface area contributed by atoms with Gasteiger partial charge >= 0.3 is 0 Å². The number of hydrogen-bond donors (Lipinski definition) is 1. The largest absolute Gasteiger partial charge is 0.354 e. The van der Waals surface area contributed by atoms with Crippen molar-refractivity contribution in [1.82, 2.24) is 10.2 Å². The Kier molecular flexibility index (Phi) is 10.2. The van der Waals surface area contributed by atoms with Crippen molar-refractivity contribution < 1.29 is 18.0 Å². The Bertz CT molecular complexity index is 1150. The van der Waals surface area contributed by atoms with E-state index < -0.39 is 28.5 Å². The van der Waals surface area contributed by atoms with Crippen molar-refractivity contribution in [3.8, 4) is 0 Å². The molecule has 2 aromatic carbocycles. The zero-order valence-electron chi connectivity index (χ0n) is 21.3. The van der Waals surface area contributed by atoms with Gasteiger partial charge in [-0.2, -0.15) is 0 Å². The predicted molar refractivity (Wildman–Crippen MR) is 142 cm³/mol. The fourth-order valence-electron chi connectivity index (χ4n) is 3.65. The fraction of sp³-hybridized carbons (Fsp3) is 0.462. The number of rotatable bonds is 11. The maximum Gasteiger partial charge on any atom is 0.244 e. The predicted octanol–water partition coefficient (Wildman–Crippen LogP) is 4.30. The first-order valence-electron chi connectivity index (χ1n) is 11.7. The van der Waals surface area contributed by atoms with Crippen LogP contribution in [0.3, 0.4) is 0 Å². The van der Waals surface area contributed by atoms with Crippen molar-refractivity contribution >= 4 is 39.1 Å². The van der Waals surface area contributed by atoms with Crippen LogP contribution in [0.2, 0.25) is 5.02 Å². The van der Waals surface area contributed by atoms with E-state index in [1.165, 1.54) is 4.90 Å². The normalized spacial score (nSPS) is 12.3. The Morgan fingerprint density at radius 1 is 1.06 bits per heavy atom. The van der Waals surface area contributed by atoms with E-state index in [0.717, 1.165) is 21.7 Å². The lowest BCUT2D eigenvalue weighted by Crippen LogP contribution is -2.52. The summed E-state index contributed by atoms with van der Waals surface area (Å²) in [6.07, 6.45) is 1.43. The lowest BCUT2D eigenvalue weighted by Gasteiger charge is -2.33. The second-order valence-corrected chi connectivity index (χ2v) is 11.5. The zero-order valence-corrected chi connectivity index (χ0v) is 22.9. The first-order valence-corrected chi connectivity index (χ1v) is 13.9. The summed E-state index contributed by atoms with van der Waals surface area (Å²) in [6.45, 7) is 9.74. The van der Waals surface area contributed by atoms with Gasteiger partial charge in [-0.25, -0.2) is 8.42 Å². The molecule has 1 atom stereocenters. The van der Waals surface area contributed by atoms with E-state index in [1.54, 1.807) is 30.3 Å². The van der Waals surface area contributed by atoms with Crippen LogP contribution in [0, 0.1) is 19.8 Å². The monoisotopic (exact) mass is 521 g/mol. The van der Waals surface area contributed by atoms with Crippen molar-refractivity contribution in [2.24, 2.45) is 5.92 Å². The number of aryl methyl sites for hydroxylation is 2. The molecule has 0 fully saturated rings. The molecule has 0 unspecified atom stereocenters. The Labute approximate surface area is 214 Å². The third kappa shape index (κ3) is 7.97. The van der Waals surface area contributed by atoms with Gasteiger partial charge < -0.3 is 10.2 Å². The number of halogens is 1. The molecule has 9 heteroatoms. The van der Waals surface area contributed by atoms with Gasteiger partial charge in [0.15, 0.2) is 0 Å². The minimum atomic E-state index is -3.77. The highest BCUT2D eigenvalue weighted by molar-refractivity contribution is 7.92. The van der Waals surface area contributed by atoms with Crippen LogP contribution in [0.4, 0.5) is 5.69 Å². The van der Waals surface area contributed by atoms with Crippen molar-refractivity contribution in [1.29, 1.82) is 0 Å². The molecule has 0 aliphatic heterocycles. The Morgan fingerprint density at radius 2 is 1.71 bits per heavy atom. The van der Waals surface area contributed by atoms with Crippen LogP contribution < -0.4 is 9.62 Å². The number of amides is 2. The summed E-state index contributed by atoms with van der Waals surface area (Å²) < 4.78 is 26.5. The molecule has 0 saturated heterocycles. The number of hydrogen-bond acceptors (Lipinski definition) is 4. The summed E-state index contributed by atoms with van der Waals surface area (Å²) in [7, 11) is -3.77. The van der Waals surface area contributed by atoms with Gasteiger partial charge in [-0.15, -0.1) is 0 Å². The van der Waals surface area contributed by atoms with Gasteiger partial charge in [0.2, 0.25) is 21.8 Å². The van der Waals surface area contributed by atoms with Crippen LogP contribution in [-0.2, 0) is 26.2 Å². The molecule has 0 heterocycles. The van der Waals surface area contributed by atoms with Gasteiger partial charge in [0.1, 0.15) is 12.6 Å². The van der Waals surface area contributed by atoms with Crippen molar-refractivity contribution in [2.75, 3.05) is 23.7 Å². The topological polar surface area (TPSA) is 86.8 Å². The average molecular weight is 522 g/mol. The first kappa shape index (κ1) is 28.7. The van der Waals surface area contributed by atoms with Crippen LogP contribution >= 0.6 is 11.6 Å². The lowest BCUT2D eigenvalue weighted by molar-refractivity contribution is -0.140. The molecule has 0 aliphatic rings. The molecular formula is C26H36ClN3O4S. The third-order valence-electron chi connectivity index (χ3n) is 5.83. The number of carbonyl (C=O) groups is 2. The van der Waals surface area contributed by atoms with Crippen molar-refractivity contribution in [3.05, 3.63) is 64.2 Å². The SMILES string of the molecule is CC[C@@H](C(=O)NCC(C)C)N(Cc1ccccc1Cl)C(=O)CN(c1ccc(C)c(C)c1)S(C)(=O)=O. The number of sulfonamides is 1. The summed E-state index contributed by atoms with van der Waals surface area (Å²) in [6, 6.07) is 11.6. The first-order chi connectivity index (χ1) is 16.3. The molecular weight excluding hydrogens is 486 g/mol. The number of carbonyl (C=O) groups excluding carboxylic acids is 2. The molecule has 2 rings (SSSR count). The maximum absolute atomic E-state index is 13.7. The average Bonchev–Trinajstić information content (AvgIpc) is 2.78. The van der Waals surface area contributed by atoms with E-state index in [9.17, 15) is 18.0 Å². The minimum absolute atomic E-state index is 0.0800. The highest BCUT2D eigenvalue weighted by Crippen LogP contribution is 2.24. The van der Waals surface area contributed by atoms with E-state index >= 15 is 0 Å². The fourth-order valence-corrected chi connectivity index (χ4v) is 4.68. The molecule has 0 spiro atoms. The zero-order chi connectivity index (χ0) is 26.3. The van der Waals surface area contributed by atoms with Gasteiger partial charge in [0.05, 0.1) is 11.9 Å². The number of benzene rings is 2. The van der Waals surface area contributed by atoms with E-state index in [2.05, 4.69) is 5.32 Å². The molecule has 0 aromatic heterocycles. The van der Waals surface area contributed by atoms with E-state index in [4.69, 9.17) is 11.6 Å². The third-order valence-corrected chi connectivity index (χ3v) is 7.34. The molecule has 192 valence electrons. The van der Waals surface area contributed by atoms with E-state index in [0.29, 0.717) is 29.2 Å². The van der Waals surface area contributed by atoms with E-state index in [-0.39, 0.29) is 18.4 Å². The number of nitrogens with one attached hydrogen (secondary N) is 1. The van der Waals surface area contributed by atoms with E-state index in [1.807, 2.05) is 46.8 Å². The Balaban J connectivity index is 2.45. The van der Waals surface area contributed by atoms with Crippen LogP contribution in [0.5, 0.6) is 0 Å². The molecule has 2 amide bonds. The van der Waals surface area contributed by atoms with Gasteiger partial charge in [0, 0.05) is 18.1 Å². The van der Waals surface area contributed by atoms with Crippen molar-refractivity contribution in [3.63, 3.8) is 0 Å². The van der Waals surface area contributed by atoms with Crippen molar-refractivity contribution in [2.45, 2.75) is 53.6 Å². The molecule has 7 nitrogen and oxygen atoms in total. The number of anilines is 1. The molecule has 35 heavy (non-hydrogen) atoms. The second-order valence-electron chi connectivity index (χ2n) is 9.21. The summed E-state index contributed by atoms with van der Waals surface area (Å²) in [5.74, 6) is -0.520. The lowest BCUT2D eigenvalue weighted by atomic mass is 10.1. The second kappa shape index (κ2) is 12.4. The summed E-state index contributed by atoms with van der Waals surface area (Å²) in [5.41, 5.74) is 3.01. The standard InChI is InChI=1S/C26H36ClN3O4S/c1-7-24(26(32)28-15-18(2)3)29(16-21-10-8-9-11-23(21)27)25(31)17-30(35(6,33)34)22-13-12-19(4)20(5)14-22/h8-14,18,24H,7,15-17H2,1-6H3,(H,28,32)/t24-/m0/s1. The van der Waals surface area contributed by atoms with Gasteiger partial charge in [-0.3, -0.25) is 13.9 Å². The summed E-state index contributed by atoms with van der Waals surface area (Å²) in [5, 5.41) is 3.37. The summed E-state index contributed by atoms with van der Waals surface area (Å²) >= 11 is 6.36. The maximum atomic E-state index is 13.7.